The van der Waals surface area contributed by atoms with Crippen molar-refractivity contribution in [2.75, 3.05) is 13.2 Å². The monoisotopic (exact) mass is 158 g/mol. The van der Waals surface area contributed by atoms with E-state index in [0.717, 1.165) is 5.92 Å². The van der Waals surface area contributed by atoms with Crippen LogP contribution in [0.3, 0.4) is 0 Å². The minimum absolute atomic E-state index is 0.150. The normalized spacial score (nSPS) is 37.9. The molecule has 0 saturated heterocycles. The van der Waals surface area contributed by atoms with Crippen LogP contribution < -0.4 is 0 Å². The van der Waals surface area contributed by atoms with E-state index in [1.165, 1.54) is 12.8 Å². The molecule has 11 heavy (non-hydrogen) atoms. The highest BCUT2D eigenvalue weighted by atomic mass is 16.5. The molecule has 2 heteroatoms. The Labute approximate surface area is 68.6 Å². The van der Waals surface area contributed by atoms with Gasteiger partial charge in [-0.2, -0.15) is 0 Å². The predicted octanol–water partition coefficient (Wildman–Crippen LogP) is 1.43. The van der Waals surface area contributed by atoms with Gasteiger partial charge in [0.2, 0.25) is 0 Å². The lowest BCUT2D eigenvalue weighted by Crippen LogP contribution is -2.20. The maximum atomic E-state index is 8.55. The average molecular weight is 158 g/mol. The van der Waals surface area contributed by atoms with Crippen LogP contribution in [0.2, 0.25) is 0 Å². The molecule has 0 heterocycles. The number of aliphatic hydroxyl groups excluding tert-OH is 1. The fourth-order valence-electron chi connectivity index (χ4n) is 1.76. The smallest absolute Gasteiger partial charge is 0.0701 e. The summed E-state index contributed by atoms with van der Waals surface area (Å²) in [6.07, 6.45) is 2.84. The summed E-state index contributed by atoms with van der Waals surface area (Å²) in [7, 11) is 0. The highest BCUT2D eigenvalue weighted by Gasteiger charge is 2.29. The molecule has 0 amide bonds. The highest BCUT2D eigenvalue weighted by Crippen LogP contribution is 2.32. The van der Waals surface area contributed by atoms with Gasteiger partial charge in [0, 0.05) is 0 Å². The van der Waals surface area contributed by atoms with E-state index in [4.69, 9.17) is 9.84 Å². The summed E-state index contributed by atoms with van der Waals surface area (Å²) in [6.45, 7) is 5.16. The third kappa shape index (κ3) is 2.17. The Morgan fingerprint density at radius 1 is 1.36 bits per heavy atom. The van der Waals surface area contributed by atoms with Crippen LogP contribution in [0.25, 0.3) is 0 Å². The first-order chi connectivity index (χ1) is 5.25. The molecule has 0 radical (unpaired) electrons. The zero-order chi connectivity index (χ0) is 8.27. The van der Waals surface area contributed by atoms with Crippen molar-refractivity contribution in [1.29, 1.82) is 0 Å². The lowest BCUT2D eigenvalue weighted by Gasteiger charge is -2.17. The first-order valence-corrected chi connectivity index (χ1v) is 4.48. The summed E-state index contributed by atoms with van der Waals surface area (Å²) in [4.78, 5) is 0. The van der Waals surface area contributed by atoms with Gasteiger partial charge in [0.15, 0.2) is 0 Å². The zero-order valence-corrected chi connectivity index (χ0v) is 7.42. The largest absolute Gasteiger partial charge is 0.394 e. The molecule has 0 aromatic carbocycles. The maximum Gasteiger partial charge on any atom is 0.0701 e. The van der Waals surface area contributed by atoms with Crippen molar-refractivity contribution in [3.63, 3.8) is 0 Å². The van der Waals surface area contributed by atoms with Crippen LogP contribution in [-0.4, -0.2) is 24.4 Å². The van der Waals surface area contributed by atoms with Crippen molar-refractivity contribution in [1.82, 2.24) is 0 Å². The van der Waals surface area contributed by atoms with Crippen molar-refractivity contribution in [2.24, 2.45) is 11.8 Å². The van der Waals surface area contributed by atoms with E-state index in [9.17, 15) is 0 Å². The Morgan fingerprint density at radius 3 is 2.55 bits per heavy atom. The lowest BCUT2D eigenvalue weighted by molar-refractivity contribution is 0.00737. The summed E-state index contributed by atoms with van der Waals surface area (Å²) < 4.78 is 5.48. The second kappa shape index (κ2) is 4.07. The van der Waals surface area contributed by atoms with Crippen LogP contribution in [0.15, 0.2) is 0 Å². The Hall–Kier alpha value is -0.0800. The van der Waals surface area contributed by atoms with Gasteiger partial charge < -0.3 is 9.84 Å². The standard InChI is InChI=1S/C9H18O2/c1-7-3-4-9(8(7)2)11-6-5-10/h7-10H,3-6H2,1-2H3/t7-,8-,9?/m0/s1. The van der Waals surface area contributed by atoms with Crippen molar-refractivity contribution in [2.45, 2.75) is 32.8 Å². The zero-order valence-electron chi connectivity index (χ0n) is 7.42. The molecular formula is C9H18O2. The summed E-state index contributed by atoms with van der Waals surface area (Å²) in [6, 6.07) is 0. The van der Waals surface area contributed by atoms with Gasteiger partial charge in [-0.1, -0.05) is 13.8 Å². The second-order valence-electron chi connectivity index (χ2n) is 3.55. The predicted molar refractivity (Wildman–Crippen MR) is 44.4 cm³/mol. The van der Waals surface area contributed by atoms with Crippen LogP contribution in [0.4, 0.5) is 0 Å². The van der Waals surface area contributed by atoms with Crippen LogP contribution in [0, 0.1) is 11.8 Å². The van der Waals surface area contributed by atoms with Gasteiger partial charge >= 0.3 is 0 Å². The molecule has 1 fully saturated rings. The van der Waals surface area contributed by atoms with Gasteiger partial charge in [0.05, 0.1) is 19.3 Å². The molecule has 1 rings (SSSR count). The molecule has 0 aliphatic heterocycles. The molecule has 3 atom stereocenters. The first kappa shape index (κ1) is 9.01. The molecular weight excluding hydrogens is 140 g/mol. The number of ether oxygens (including phenoxy) is 1. The summed E-state index contributed by atoms with van der Waals surface area (Å²) in [5, 5.41) is 8.55. The Morgan fingerprint density at radius 2 is 2.09 bits per heavy atom. The third-order valence-electron chi connectivity index (χ3n) is 2.81. The third-order valence-corrected chi connectivity index (χ3v) is 2.81. The first-order valence-electron chi connectivity index (χ1n) is 4.48. The van der Waals surface area contributed by atoms with Crippen molar-refractivity contribution >= 4 is 0 Å². The molecule has 1 saturated carbocycles. The van der Waals surface area contributed by atoms with Gasteiger partial charge in [-0.25, -0.2) is 0 Å². The number of aliphatic hydroxyl groups is 1. The molecule has 1 unspecified atom stereocenters. The molecule has 0 aromatic heterocycles. The fraction of sp³-hybridized carbons (Fsp3) is 1.00. The van der Waals surface area contributed by atoms with E-state index in [0.29, 0.717) is 18.6 Å². The molecule has 1 N–H and O–H groups in total. The molecule has 0 aromatic rings. The van der Waals surface area contributed by atoms with Crippen LogP contribution in [-0.2, 0) is 4.74 Å². The summed E-state index contributed by atoms with van der Waals surface area (Å²) >= 11 is 0. The quantitative estimate of drug-likeness (QED) is 0.673. The van der Waals surface area contributed by atoms with Gasteiger partial charge in [-0.3, -0.25) is 0 Å². The van der Waals surface area contributed by atoms with E-state index >= 15 is 0 Å². The molecule has 66 valence electrons. The Bertz CT molecular complexity index is 114. The van der Waals surface area contributed by atoms with E-state index in [1.54, 1.807) is 0 Å². The van der Waals surface area contributed by atoms with Crippen LogP contribution in [0.5, 0.6) is 0 Å². The average Bonchev–Trinajstić information content (AvgIpc) is 2.31. The van der Waals surface area contributed by atoms with Gasteiger partial charge in [-0.05, 0) is 24.7 Å². The van der Waals surface area contributed by atoms with Crippen LogP contribution in [0.1, 0.15) is 26.7 Å². The van der Waals surface area contributed by atoms with E-state index in [2.05, 4.69) is 13.8 Å². The van der Waals surface area contributed by atoms with E-state index in [-0.39, 0.29) is 6.61 Å². The maximum absolute atomic E-state index is 8.55. The molecule has 1 aliphatic carbocycles. The van der Waals surface area contributed by atoms with E-state index in [1.807, 2.05) is 0 Å². The minimum Gasteiger partial charge on any atom is -0.394 e. The van der Waals surface area contributed by atoms with Crippen LogP contribution >= 0.6 is 0 Å². The molecule has 1 aliphatic rings. The highest BCUT2D eigenvalue weighted by molar-refractivity contribution is 4.79. The van der Waals surface area contributed by atoms with Crippen molar-refractivity contribution in [3.8, 4) is 0 Å². The Kier molecular flexibility index (Phi) is 3.34. The minimum atomic E-state index is 0.150. The molecule has 0 bridgehead atoms. The molecule has 0 spiro atoms. The summed E-state index contributed by atoms with van der Waals surface area (Å²) in [5.74, 6) is 1.46. The number of hydrogen-bond acceptors (Lipinski definition) is 2. The van der Waals surface area contributed by atoms with E-state index < -0.39 is 0 Å². The number of hydrogen-bond donors (Lipinski definition) is 1. The van der Waals surface area contributed by atoms with Gasteiger partial charge in [-0.15, -0.1) is 0 Å². The van der Waals surface area contributed by atoms with Gasteiger partial charge in [0.1, 0.15) is 0 Å². The van der Waals surface area contributed by atoms with Crippen molar-refractivity contribution < 1.29 is 9.84 Å². The topological polar surface area (TPSA) is 29.5 Å². The van der Waals surface area contributed by atoms with Crippen molar-refractivity contribution in [3.05, 3.63) is 0 Å². The lowest BCUT2D eigenvalue weighted by atomic mass is 9.99. The summed E-state index contributed by atoms with van der Waals surface area (Å²) in [5.41, 5.74) is 0. The van der Waals surface area contributed by atoms with Gasteiger partial charge in [0.25, 0.3) is 0 Å². The fourth-order valence-corrected chi connectivity index (χ4v) is 1.76. The molecule has 2 nitrogen and oxygen atoms in total. The second-order valence-corrected chi connectivity index (χ2v) is 3.55. The number of rotatable bonds is 3. The Balaban J connectivity index is 2.24. The SMILES string of the molecule is C[C@@H]1C(OCCO)CC[C@@H]1C.